The summed E-state index contributed by atoms with van der Waals surface area (Å²) in [6.45, 7) is 2.13. The molecule has 13 heavy (non-hydrogen) atoms. The van der Waals surface area contributed by atoms with Crippen molar-refractivity contribution in [1.29, 1.82) is 0 Å². The van der Waals surface area contributed by atoms with Crippen LogP contribution >= 0.6 is 11.8 Å². The molecule has 0 N–H and O–H groups in total. The Kier molecular flexibility index (Phi) is 2.27. The number of thioether (sulfide) groups is 1. The van der Waals surface area contributed by atoms with Gasteiger partial charge in [0.15, 0.2) is 0 Å². The number of nitrogens with zero attached hydrogens (tertiary/aromatic N) is 1. The second-order valence-corrected chi connectivity index (χ2v) is 4.06. The normalized spacial score (nSPS) is 14.8. The van der Waals surface area contributed by atoms with Crippen molar-refractivity contribution in [3.63, 3.8) is 0 Å². The number of methoxy groups -OCH3 is 1. The Morgan fingerprint density at radius 1 is 1.54 bits per heavy atom. The highest BCUT2D eigenvalue weighted by molar-refractivity contribution is 7.99. The van der Waals surface area contributed by atoms with E-state index < -0.39 is 0 Å². The van der Waals surface area contributed by atoms with Crippen molar-refractivity contribution in [2.75, 3.05) is 12.9 Å². The third-order valence-electron chi connectivity index (χ3n) is 1.93. The summed E-state index contributed by atoms with van der Waals surface area (Å²) < 4.78 is 5.11. The van der Waals surface area contributed by atoms with E-state index in [0.29, 0.717) is 0 Å². The molecule has 3 heteroatoms. The number of hydrogen-bond acceptors (Lipinski definition) is 3. The minimum absolute atomic E-state index is 0.833. The molecule has 68 valence electrons. The standard InChI is InChI=1S/C10H11NOS/c1-7-3-9-10(13-6-7)4-8(12-2)5-11-9/h3-5H,6H2,1-2H3. The van der Waals surface area contributed by atoms with Gasteiger partial charge in [-0.15, -0.1) is 11.8 Å². The van der Waals surface area contributed by atoms with E-state index in [2.05, 4.69) is 18.0 Å². The van der Waals surface area contributed by atoms with E-state index in [-0.39, 0.29) is 0 Å². The summed E-state index contributed by atoms with van der Waals surface area (Å²) in [6, 6.07) is 2.04. The molecule has 2 rings (SSSR count). The molecule has 0 atom stereocenters. The van der Waals surface area contributed by atoms with Crippen molar-refractivity contribution >= 4 is 17.8 Å². The SMILES string of the molecule is COc1cnc2c(c1)SCC(C)=C2. The number of hydrogen-bond donors (Lipinski definition) is 0. The first-order valence-electron chi connectivity index (χ1n) is 4.13. The van der Waals surface area contributed by atoms with Crippen molar-refractivity contribution in [2.45, 2.75) is 11.8 Å². The molecule has 0 aromatic carbocycles. The van der Waals surface area contributed by atoms with Crippen molar-refractivity contribution < 1.29 is 4.74 Å². The van der Waals surface area contributed by atoms with Crippen molar-refractivity contribution in [1.82, 2.24) is 4.98 Å². The van der Waals surface area contributed by atoms with Gasteiger partial charge in [0.25, 0.3) is 0 Å². The molecule has 0 saturated heterocycles. The minimum atomic E-state index is 0.833. The number of rotatable bonds is 1. The van der Waals surface area contributed by atoms with Crippen molar-refractivity contribution in [2.24, 2.45) is 0 Å². The van der Waals surface area contributed by atoms with Gasteiger partial charge in [-0.2, -0.15) is 0 Å². The lowest BCUT2D eigenvalue weighted by Crippen LogP contribution is -1.96. The second-order valence-electron chi connectivity index (χ2n) is 3.04. The molecular formula is C10H11NOS. The van der Waals surface area contributed by atoms with Crippen molar-refractivity contribution in [3.8, 4) is 5.75 Å². The topological polar surface area (TPSA) is 22.1 Å². The largest absolute Gasteiger partial charge is 0.495 e. The fraction of sp³-hybridized carbons (Fsp3) is 0.300. The zero-order valence-corrected chi connectivity index (χ0v) is 8.52. The van der Waals surface area contributed by atoms with Crippen LogP contribution < -0.4 is 4.74 Å². The van der Waals surface area contributed by atoms with E-state index in [1.807, 2.05) is 17.8 Å². The van der Waals surface area contributed by atoms with Crippen LogP contribution in [-0.4, -0.2) is 17.8 Å². The summed E-state index contributed by atoms with van der Waals surface area (Å²) in [6.07, 6.45) is 3.89. The fourth-order valence-electron chi connectivity index (χ4n) is 1.24. The monoisotopic (exact) mass is 193 g/mol. The van der Waals surface area contributed by atoms with Gasteiger partial charge in [-0.25, -0.2) is 0 Å². The smallest absolute Gasteiger partial charge is 0.138 e. The van der Waals surface area contributed by atoms with E-state index in [4.69, 9.17) is 4.74 Å². The highest BCUT2D eigenvalue weighted by Crippen LogP contribution is 2.32. The molecular weight excluding hydrogens is 182 g/mol. The second kappa shape index (κ2) is 3.42. The molecule has 0 radical (unpaired) electrons. The van der Waals surface area contributed by atoms with Crippen molar-refractivity contribution in [3.05, 3.63) is 23.5 Å². The van der Waals surface area contributed by atoms with Gasteiger partial charge in [-0.3, -0.25) is 4.98 Å². The van der Waals surface area contributed by atoms with Crippen LogP contribution in [-0.2, 0) is 0 Å². The molecule has 0 spiro atoms. The Bertz CT molecular complexity index is 360. The number of fused-ring (bicyclic) bond motifs is 1. The van der Waals surface area contributed by atoms with Crippen LogP contribution in [0, 0.1) is 0 Å². The Labute approximate surface area is 82.0 Å². The highest BCUT2D eigenvalue weighted by Gasteiger charge is 2.10. The van der Waals surface area contributed by atoms with Gasteiger partial charge in [-0.05, 0) is 19.1 Å². The predicted octanol–water partition coefficient (Wildman–Crippen LogP) is 2.60. The molecule has 2 nitrogen and oxygen atoms in total. The van der Waals surface area contributed by atoms with E-state index in [1.165, 1.54) is 10.5 Å². The summed E-state index contributed by atoms with van der Waals surface area (Å²) in [7, 11) is 1.66. The first-order valence-corrected chi connectivity index (χ1v) is 5.12. The van der Waals surface area contributed by atoms with Gasteiger partial charge in [0.05, 0.1) is 19.0 Å². The van der Waals surface area contributed by atoms with Gasteiger partial charge < -0.3 is 4.74 Å². The highest BCUT2D eigenvalue weighted by atomic mass is 32.2. The number of ether oxygens (including phenoxy) is 1. The Hall–Kier alpha value is -0.960. The predicted molar refractivity (Wildman–Crippen MR) is 55.2 cm³/mol. The van der Waals surface area contributed by atoms with Gasteiger partial charge in [0, 0.05) is 10.6 Å². The fourth-order valence-corrected chi connectivity index (χ4v) is 2.16. The first kappa shape index (κ1) is 8.63. The van der Waals surface area contributed by atoms with Crippen LogP contribution in [0.25, 0.3) is 6.08 Å². The van der Waals surface area contributed by atoms with E-state index in [1.54, 1.807) is 13.3 Å². The molecule has 0 unspecified atom stereocenters. The lowest BCUT2D eigenvalue weighted by molar-refractivity contribution is 0.411. The number of aromatic nitrogens is 1. The molecule has 0 fully saturated rings. The van der Waals surface area contributed by atoms with Gasteiger partial charge >= 0.3 is 0 Å². The summed E-state index contributed by atoms with van der Waals surface area (Å²) in [5.41, 5.74) is 2.43. The first-order chi connectivity index (χ1) is 6.29. The molecule has 2 heterocycles. The van der Waals surface area contributed by atoms with Crippen LogP contribution in [0.1, 0.15) is 12.6 Å². The summed E-state index contributed by atoms with van der Waals surface area (Å²) in [5, 5.41) is 0. The third-order valence-corrected chi connectivity index (χ3v) is 3.17. The van der Waals surface area contributed by atoms with Crippen LogP contribution in [0.15, 0.2) is 22.7 Å². The third kappa shape index (κ3) is 1.70. The quantitative estimate of drug-likeness (QED) is 0.684. The maximum absolute atomic E-state index is 5.11. The molecule has 1 aliphatic rings. The van der Waals surface area contributed by atoms with E-state index >= 15 is 0 Å². The summed E-state index contributed by atoms with van der Waals surface area (Å²) >= 11 is 1.82. The zero-order valence-electron chi connectivity index (χ0n) is 7.70. The lowest BCUT2D eigenvalue weighted by Gasteiger charge is -2.12. The van der Waals surface area contributed by atoms with Gasteiger partial charge in [0.2, 0.25) is 0 Å². The summed E-state index contributed by atoms with van der Waals surface area (Å²) in [5.74, 6) is 1.89. The van der Waals surface area contributed by atoms with Gasteiger partial charge in [0.1, 0.15) is 5.75 Å². The van der Waals surface area contributed by atoms with E-state index in [9.17, 15) is 0 Å². The Balaban J connectivity index is 2.43. The van der Waals surface area contributed by atoms with E-state index in [0.717, 1.165) is 17.2 Å². The Morgan fingerprint density at radius 3 is 3.15 bits per heavy atom. The molecule has 1 aromatic heterocycles. The molecule has 1 aliphatic heterocycles. The van der Waals surface area contributed by atoms with Gasteiger partial charge in [-0.1, -0.05) is 5.57 Å². The van der Waals surface area contributed by atoms with Crippen LogP contribution in [0.5, 0.6) is 5.75 Å². The molecule has 0 aliphatic carbocycles. The summed E-state index contributed by atoms with van der Waals surface area (Å²) in [4.78, 5) is 5.53. The molecule has 0 bridgehead atoms. The molecule has 1 aromatic rings. The number of pyridine rings is 1. The Morgan fingerprint density at radius 2 is 2.38 bits per heavy atom. The maximum Gasteiger partial charge on any atom is 0.138 e. The average Bonchev–Trinajstić information content (AvgIpc) is 2.17. The average molecular weight is 193 g/mol. The molecule has 0 saturated carbocycles. The van der Waals surface area contributed by atoms with Crippen LogP contribution in [0.3, 0.4) is 0 Å². The zero-order chi connectivity index (χ0) is 9.26. The van der Waals surface area contributed by atoms with Crippen LogP contribution in [0.4, 0.5) is 0 Å². The maximum atomic E-state index is 5.11. The molecule has 0 amide bonds. The lowest BCUT2D eigenvalue weighted by atomic mass is 10.2. The van der Waals surface area contributed by atoms with Crippen LogP contribution in [0.2, 0.25) is 0 Å². The minimum Gasteiger partial charge on any atom is -0.495 e.